The van der Waals surface area contributed by atoms with Crippen molar-refractivity contribution in [2.24, 2.45) is 5.10 Å². The molecule has 3 aromatic carbocycles. The quantitative estimate of drug-likeness (QED) is 0.184. The monoisotopic (exact) mass is 519 g/mol. The zero-order valence-corrected chi connectivity index (χ0v) is 21.2. The summed E-state index contributed by atoms with van der Waals surface area (Å²) in [5.74, 6) is 1.83. The van der Waals surface area contributed by atoms with E-state index in [9.17, 15) is 9.90 Å². The zero-order chi connectivity index (χ0) is 26.2. The first-order valence-electron chi connectivity index (χ1n) is 11.1. The first-order chi connectivity index (χ1) is 18.0. The van der Waals surface area contributed by atoms with Crippen LogP contribution in [-0.2, 0) is 4.79 Å². The minimum absolute atomic E-state index is 0.0532. The Bertz CT molecular complexity index is 1380. The van der Waals surface area contributed by atoms with Crippen molar-refractivity contribution in [1.29, 1.82) is 0 Å². The van der Waals surface area contributed by atoms with Crippen LogP contribution in [0.4, 0.5) is 0 Å². The Balaban J connectivity index is 1.59. The molecule has 0 saturated carbocycles. The summed E-state index contributed by atoms with van der Waals surface area (Å²) in [7, 11) is 4.64. The maximum atomic E-state index is 12.4. The molecule has 0 aliphatic carbocycles. The summed E-state index contributed by atoms with van der Waals surface area (Å²) in [4.78, 5) is 12.4. The number of aromatic hydroxyl groups is 1. The molecule has 37 heavy (non-hydrogen) atoms. The third kappa shape index (κ3) is 6.01. The highest BCUT2D eigenvalue weighted by Crippen LogP contribution is 2.41. The van der Waals surface area contributed by atoms with Gasteiger partial charge in [0.05, 0.1) is 33.3 Å². The molecule has 4 aromatic rings. The summed E-state index contributed by atoms with van der Waals surface area (Å²) in [6.07, 6.45) is 1.46. The minimum Gasteiger partial charge on any atom is -0.508 e. The van der Waals surface area contributed by atoms with E-state index in [0.29, 0.717) is 39.4 Å². The van der Waals surface area contributed by atoms with Crippen molar-refractivity contribution < 1.29 is 24.1 Å². The number of hydrazone groups is 1. The topological polar surface area (TPSA) is 120 Å². The number of phenolic OH excluding ortho intramolecular Hbond substituents is 1. The first kappa shape index (κ1) is 25.6. The van der Waals surface area contributed by atoms with E-state index >= 15 is 0 Å². The van der Waals surface area contributed by atoms with Crippen LogP contribution in [0.1, 0.15) is 5.56 Å². The molecule has 0 bridgehead atoms. The van der Waals surface area contributed by atoms with Gasteiger partial charge in [0.15, 0.2) is 22.5 Å². The summed E-state index contributed by atoms with van der Waals surface area (Å²) < 4.78 is 18.3. The third-order valence-electron chi connectivity index (χ3n) is 5.18. The number of benzene rings is 3. The van der Waals surface area contributed by atoms with Crippen molar-refractivity contribution in [1.82, 2.24) is 20.2 Å². The van der Waals surface area contributed by atoms with Gasteiger partial charge in [-0.1, -0.05) is 42.1 Å². The Kier molecular flexibility index (Phi) is 8.26. The summed E-state index contributed by atoms with van der Waals surface area (Å²) in [6, 6.07) is 19.7. The van der Waals surface area contributed by atoms with E-state index in [0.717, 1.165) is 5.69 Å². The number of amides is 1. The predicted octanol–water partition coefficient (Wildman–Crippen LogP) is 3.91. The number of thioether (sulfide) groups is 1. The average Bonchev–Trinajstić information content (AvgIpc) is 3.35. The molecular formula is C26H25N5O5S. The third-order valence-corrected chi connectivity index (χ3v) is 6.11. The molecule has 0 atom stereocenters. The molecule has 4 rings (SSSR count). The van der Waals surface area contributed by atoms with E-state index in [1.54, 1.807) is 51.7 Å². The molecule has 2 N–H and O–H groups in total. The van der Waals surface area contributed by atoms with Crippen molar-refractivity contribution >= 4 is 23.9 Å². The highest BCUT2D eigenvalue weighted by atomic mass is 32.2. The molecular weight excluding hydrogens is 494 g/mol. The number of phenols is 1. The molecule has 1 amide bonds. The number of ether oxygens (including phenoxy) is 3. The van der Waals surface area contributed by atoms with E-state index < -0.39 is 0 Å². The highest BCUT2D eigenvalue weighted by Gasteiger charge is 2.21. The Morgan fingerprint density at radius 2 is 1.73 bits per heavy atom. The van der Waals surface area contributed by atoms with Gasteiger partial charge in [-0.3, -0.25) is 9.36 Å². The second-order valence-electron chi connectivity index (χ2n) is 7.57. The van der Waals surface area contributed by atoms with Crippen LogP contribution >= 0.6 is 11.8 Å². The molecule has 0 aliphatic heterocycles. The minimum atomic E-state index is -0.321. The van der Waals surface area contributed by atoms with Crippen molar-refractivity contribution in [3.05, 3.63) is 72.3 Å². The van der Waals surface area contributed by atoms with E-state index in [1.807, 2.05) is 34.9 Å². The Hall–Kier alpha value is -4.51. The van der Waals surface area contributed by atoms with Crippen LogP contribution in [0.5, 0.6) is 23.0 Å². The zero-order valence-electron chi connectivity index (χ0n) is 20.4. The molecule has 0 spiro atoms. The van der Waals surface area contributed by atoms with Gasteiger partial charge in [-0.05, 0) is 42.0 Å². The summed E-state index contributed by atoms with van der Waals surface area (Å²) in [5, 5.41) is 22.8. The van der Waals surface area contributed by atoms with Crippen LogP contribution in [0.2, 0.25) is 0 Å². The van der Waals surface area contributed by atoms with Gasteiger partial charge in [-0.2, -0.15) is 5.10 Å². The molecule has 1 heterocycles. The van der Waals surface area contributed by atoms with Crippen molar-refractivity contribution in [3.8, 4) is 40.1 Å². The smallest absolute Gasteiger partial charge is 0.250 e. The number of carbonyl (C=O) groups is 1. The number of methoxy groups -OCH3 is 3. The van der Waals surface area contributed by atoms with E-state index in [1.165, 1.54) is 24.0 Å². The lowest BCUT2D eigenvalue weighted by Crippen LogP contribution is -2.20. The molecule has 10 nitrogen and oxygen atoms in total. The van der Waals surface area contributed by atoms with Crippen LogP contribution in [0.25, 0.3) is 17.1 Å². The summed E-state index contributed by atoms with van der Waals surface area (Å²) >= 11 is 1.22. The van der Waals surface area contributed by atoms with Gasteiger partial charge in [0, 0.05) is 11.3 Å². The van der Waals surface area contributed by atoms with Crippen LogP contribution < -0.4 is 19.6 Å². The summed E-state index contributed by atoms with van der Waals surface area (Å²) in [6.45, 7) is 0. The van der Waals surface area contributed by atoms with Gasteiger partial charge in [0.1, 0.15) is 5.75 Å². The van der Waals surface area contributed by atoms with Crippen LogP contribution in [-0.4, -0.2) is 59.1 Å². The molecule has 0 unspecified atom stereocenters. The Morgan fingerprint density at radius 3 is 2.38 bits per heavy atom. The average molecular weight is 520 g/mol. The fraction of sp³-hybridized carbons (Fsp3) is 0.154. The number of aromatic nitrogens is 3. The van der Waals surface area contributed by atoms with Gasteiger partial charge >= 0.3 is 0 Å². The van der Waals surface area contributed by atoms with Gasteiger partial charge in [-0.15, -0.1) is 10.2 Å². The second-order valence-corrected chi connectivity index (χ2v) is 8.51. The van der Waals surface area contributed by atoms with E-state index in [-0.39, 0.29) is 17.4 Å². The number of nitrogens with zero attached hydrogens (tertiary/aromatic N) is 4. The lowest BCUT2D eigenvalue weighted by atomic mass is 10.1. The number of nitrogens with one attached hydrogen (secondary N) is 1. The van der Waals surface area contributed by atoms with E-state index in [2.05, 4.69) is 20.7 Å². The molecule has 11 heteroatoms. The number of rotatable bonds is 10. The van der Waals surface area contributed by atoms with E-state index in [4.69, 9.17) is 14.2 Å². The maximum Gasteiger partial charge on any atom is 0.250 e. The van der Waals surface area contributed by atoms with Gasteiger partial charge in [-0.25, -0.2) is 5.43 Å². The number of carbonyl (C=O) groups excluding carboxylic acids is 1. The normalized spacial score (nSPS) is 10.9. The molecule has 0 fully saturated rings. The van der Waals surface area contributed by atoms with Gasteiger partial charge in [0.25, 0.3) is 5.91 Å². The standard InChI is InChI=1S/C26H25N5O5S/c1-34-21-13-18(14-22(35-2)24(21)36-3)25-29-30-26(31(25)19-9-5-4-6-10-19)37-16-23(33)28-27-15-17-8-7-11-20(32)12-17/h4-15,32H,16H2,1-3H3,(H,28,33)/b27-15-. The van der Waals surface area contributed by atoms with Crippen LogP contribution in [0.15, 0.2) is 77.0 Å². The highest BCUT2D eigenvalue weighted by molar-refractivity contribution is 7.99. The fourth-order valence-corrected chi connectivity index (χ4v) is 4.26. The lowest BCUT2D eigenvalue weighted by molar-refractivity contribution is -0.118. The molecule has 0 aliphatic rings. The van der Waals surface area contributed by atoms with Crippen molar-refractivity contribution in [2.75, 3.05) is 27.1 Å². The number of hydrogen-bond acceptors (Lipinski definition) is 9. The number of para-hydroxylation sites is 1. The van der Waals surface area contributed by atoms with Gasteiger partial charge in [0.2, 0.25) is 5.75 Å². The molecule has 0 radical (unpaired) electrons. The maximum absolute atomic E-state index is 12.4. The Morgan fingerprint density at radius 1 is 1.00 bits per heavy atom. The molecule has 0 saturated heterocycles. The van der Waals surface area contributed by atoms with Crippen molar-refractivity contribution in [3.63, 3.8) is 0 Å². The van der Waals surface area contributed by atoms with Crippen LogP contribution in [0.3, 0.4) is 0 Å². The Labute approximate surface area is 217 Å². The first-order valence-corrected chi connectivity index (χ1v) is 12.1. The number of hydrogen-bond donors (Lipinski definition) is 2. The molecule has 190 valence electrons. The molecule has 1 aromatic heterocycles. The fourth-order valence-electron chi connectivity index (χ4n) is 3.52. The lowest BCUT2D eigenvalue weighted by Gasteiger charge is -2.15. The van der Waals surface area contributed by atoms with Crippen LogP contribution in [0, 0.1) is 0 Å². The summed E-state index contributed by atoms with van der Waals surface area (Å²) in [5.41, 5.74) is 4.66. The predicted molar refractivity (Wildman–Crippen MR) is 141 cm³/mol. The SMILES string of the molecule is COc1cc(-c2nnc(SCC(=O)N/N=C\c3cccc(O)c3)n2-c2ccccc2)cc(OC)c1OC. The van der Waals surface area contributed by atoms with Crippen molar-refractivity contribution in [2.45, 2.75) is 5.16 Å². The largest absolute Gasteiger partial charge is 0.508 e. The second kappa shape index (κ2) is 12.0. The van der Waals surface area contributed by atoms with Gasteiger partial charge < -0.3 is 19.3 Å².